The van der Waals surface area contributed by atoms with E-state index in [0.29, 0.717) is 18.4 Å². The molecule has 1 aromatic rings. The molecule has 0 saturated carbocycles. The highest BCUT2D eigenvalue weighted by atomic mass is 19.1. The molecule has 0 saturated heterocycles. The van der Waals surface area contributed by atoms with Crippen LogP contribution in [0, 0.1) is 5.82 Å². The third-order valence-corrected chi connectivity index (χ3v) is 2.26. The molecule has 1 aromatic carbocycles. The highest BCUT2D eigenvalue weighted by Gasteiger charge is 2.04. The molecule has 90 valence electrons. The van der Waals surface area contributed by atoms with Crippen molar-refractivity contribution in [1.29, 1.82) is 0 Å². The van der Waals surface area contributed by atoms with Gasteiger partial charge < -0.3 is 10.1 Å². The van der Waals surface area contributed by atoms with Crippen molar-refractivity contribution in [2.24, 2.45) is 0 Å². The van der Waals surface area contributed by atoms with Gasteiger partial charge in [0.25, 0.3) is 0 Å². The van der Waals surface area contributed by atoms with Crippen molar-refractivity contribution in [3.63, 3.8) is 0 Å². The monoisotopic (exact) mass is 225 g/mol. The van der Waals surface area contributed by atoms with Crippen molar-refractivity contribution >= 4 is 0 Å². The minimum atomic E-state index is -0.274. The van der Waals surface area contributed by atoms with Crippen LogP contribution in [0.3, 0.4) is 0 Å². The first-order valence-electron chi connectivity index (χ1n) is 5.78. The van der Waals surface area contributed by atoms with Crippen LogP contribution in [-0.2, 0) is 6.42 Å². The lowest BCUT2D eigenvalue weighted by Crippen LogP contribution is -2.24. The van der Waals surface area contributed by atoms with Crippen LogP contribution in [-0.4, -0.2) is 19.2 Å². The van der Waals surface area contributed by atoms with Gasteiger partial charge in [-0.3, -0.25) is 0 Å². The van der Waals surface area contributed by atoms with E-state index < -0.39 is 0 Å². The molecule has 0 aromatic heterocycles. The highest BCUT2D eigenvalue weighted by molar-refractivity contribution is 5.29. The summed E-state index contributed by atoms with van der Waals surface area (Å²) in [7, 11) is 0. The average molecular weight is 225 g/mol. The van der Waals surface area contributed by atoms with E-state index in [1.807, 2.05) is 13.0 Å². The average Bonchev–Trinajstić information content (AvgIpc) is 2.21. The van der Waals surface area contributed by atoms with Crippen LogP contribution in [0.25, 0.3) is 0 Å². The molecule has 0 fully saturated rings. The van der Waals surface area contributed by atoms with Crippen LogP contribution in [0.1, 0.15) is 26.3 Å². The van der Waals surface area contributed by atoms with Gasteiger partial charge in [-0.1, -0.05) is 19.9 Å². The number of ether oxygens (including phenoxy) is 1. The van der Waals surface area contributed by atoms with Crippen molar-refractivity contribution in [2.75, 3.05) is 13.2 Å². The quantitative estimate of drug-likeness (QED) is 0.803. The molecule has 0 unspecified atom stereocenters. The predicted octanol–water partition coefficient (Wildman–Crippen LogP) is 2.76. The maximum Gasteiger partial charge on any atom is 0.165 e. The van der Waals surface area contributed by atoms with Crippen LogP contribution < -0.4 is 10.1 Å². The van der Waals surface area contributed by atoms with Crippen molar-refractivity contribution in [1.82, 2.24) is 5.32 Å². The van der Waals surface area contributed by atoms with E-state index in [1.165, 1.54) is 0 Å². The minimum absolute atomic E-state index is 0.274. The highest BCUT2D eigenvalue weighted by Crippen LogP contribution is 2.18. The second-order valence-corrected chi connectivity index (χ2v) is 4.06. The number of hydrogen-bond acceptors (Lipinski definition) is 2. The fourth-order valence-electron chi connectivity index (χ4n) is 1.48. The zero-order valence-corrected chi connectivity index (χ0v) is 10.2. The second kappa shape index (κ2) is 6.48. The molecule has 1 N–H and O–H groups in total. The maximum absolute atomic E-state index is 13.5. The third-order valence-electron chi connectivity index (χ3n) is 2.26. The molecule has 0 aliphatic carbocycles. The predicted molar refractivity (Wildman–Crippen MR) is 64.4 cm³/mol. The summed E-state index contributed by atoms with van der Waals surface area (Å²) >= 11 is 0. The van der Waals surface area contributed by atoms with Crippen LogP contribution in [0.15, 0.2) is 18.2 Å². The topological polar surface area (TPSA) is 21.3 Å². The molecule has 2 nitrogen and oxygen atoms in total. The molecule has 0 aliphatic rings. The summed E-state index contributed by atoms with van der Waals surface area (Å²) in [5.74, 6) is 0.0620. The van der Waals surface area contributed by atoms with Crippen molar-refractivity contribution in [3.8, 4) is 5.75 Å². The van der Waals surface area contributed by atoms with Crippen LogP contribution >= 0.6 is 0 Å². The lowest BCUT2D eigenvalue weighted by molar-refractivity contribution is 0.321. The summed E-state index contributed by atoms with van der Waals surface area (Å²) in [5, 5.41) is 3.30. The van der Waals surface area contributed by atoms with Gasteiger partial charge in [-0.05, 0) is 37.6 Å². The summed E-state index contributed by atoms with van der Waals surface area (Å²) < 4.78 is 18.6. The number of halogens is 1. The van der Waals surface area contributed by atoms with Crippen LogP contribution in [0.2, 0.25) is 0 Å². The van der Waals surface area contributed by atoms with Gasteiger partial charge in [0.1, 0.15) is 0 Å². The summed E-state index contributed by atoms with van der Waals surface area (Å²) in [4.78, 5) is 0. The summed E-state index contributed by atoms with van der Waals surface area (Å²) in [6, 6.07) is 5.62. The van der Waals surface area contributed by atoms with E-state index in [-0.39, 0.29) is 5.82 Å². The fourth-order valence-corrected chi connectivity index (χ4v) is 1.48. The largest absolute Gasteiger partial charge is 0.491 e. The lowest BCUT2D eigenvalue weighted by Gasteiger charge is -2.09. The molecule has 0 radical (unpaired) electrons. The summed E-state index contributed by atoms with van der Waals surface area (Å²) in [5.41, 5.74) is 0.995. The molecule has 0 amide bonds. The first-order chi connectivity index (χ1) is 7.63. The Hall–Kier alpha value is -1.09. The Balaban J connectivity index is 2.52. The summed E-state index contributed by atoms with van der Waals surface area (Å²) in [6.45, 7) is 7.40. The lowest BCUT2D eigenvalue weighted by atomic mass is 10.1. The fraction of sp³-hybridized carbons (Fsp3) is 0.538. The molecule has 0 aliphatic heterocycles. The van der Waals surface area contributed by atoms with Gasteiger partial charge in [0.2, 0.25) is 0 Å². The molecule has 0 spiro atoms. The molecule has 0 atom stereocenters. The Labute approximate surface area is 96.8 Å². The van der Waals surface area contributed by atoms with Gasteiger partial charge in [-0.25, -0.2) is 4.39 Å². The second-order valence-electron chi connectivity index (χ2n) is 4.06. The molecular formula is C13H20FNO. The summed E-state index contributed by atoms with van der Waals surface area (Å²) in [6.07, 6.45) is 0.835. The van der Waals surface area contributed by atoms with Gasteiger partial charge in [0, 0.05) is 6.04 Å². The molecule has 0 bridgehead atoms. The molecule has 0 heterocycles. The molecule has 3 heteroatoms. The third kappa shape index (κ3) is 4.19. The number of benzene rings is 1. The molecule has 1 rings (SSSR count). The van der Waals surface area contributed by atoms with Gasteiger partial charge in [-0.15, -0.1) is 0 Å². The van der Waals surface area contributed by atoms with E-state index in [9.17, 15) is 4.39 Å². The zero-order valence-electron chi connectivity index (χ0n) is 10.2. The Morgan fingerprint density at radius 1 is 1.38 bits per heavy atom. The standard InChI is InChI=1S/C13H20FNO/c1-4-16-13-6-5-11(9-12(13)14)7-8-15-10(2)3/h5-6,9-10,15H,4,7-8H2,1-3H3. The Kier molecular flexibility index (Phi) is 5.26. The van der Waals surface area contributed by atoms with Gasteiger partial charge in [0.05, 0.1) is 6.61 Å². The maximum atomic E-state index is 13.5. The Morgan fingerprint density at radius 3 is 2.69 bits per heavy atom. The van der Waals surface area contributed by atoms with Crippen molar-refractivity contribution < 1.29 is 9.13 Å². The normalized spacial score (nSPS) is 10.8. The smallest absolute Gasteiger partial charge is 0.165 e. The van der Waals surface area contributed by atoms with Gasteiger partial charge in [-0.2, -0.15) is 0 Å². The van der Waals surface area contributed by atoms with E-state index in [4.69, 9.17) is 4.74 Å². The van der Waals surface area contributed by atoms with Gasteiger partial charge in [0.15, 0.2) is 11.6 Å². The number of rotatable bonds is 6. The number of hydrogen-bond donors (Lipinski definition) is 1. The first-order valence-corrected chi connectivity index (χ1v) is 5.78. The van der Waals surface area contributed by atoms with Crippen LogP contribution in [0.4, 0.5) is 4.39 Å². The van der Waals surface area contributed by atoms with Gasteiger partial charge >= 0.3 is 0 Å². The number of nitrogens with one attached hydrogen (secondary N) is 1. The first kappa shape index (κ1) is 13.0. The SMILES string of the molecule is CCOc1ccc(CCNC(C)C)cc1F. The Morgan fingerprint density at radius 2 is 2.12 bits per heavy atom. The van der Waals surface area contributed by atoms with E-state index >= 15 is 0 Å². The molecular weight excluding hydrogens is 205 g/mol. The Bertz CT molecular complexity index is 326. The van der Waals surface area contributed by atoms with E-state index in [0.717, 1.165) is 18.5 Å². The molecule has 16 heavy (non-hydrogen) atoms. The van der Waals surface area contributed by atoms with Crippen molar-refractivity contribution in [2.45, 2.75) is 33.2 Å². The minimum Gasteiger partial charge on any atom is -0.491 e. The van der Waals surface area contributed by atoms with E-state index in [2.05, 4.69) is 19.2 Å². The zero-order chi connectivity index (χ0) is 12.0. The van der Waals surface area contributed by atoms with Crippen molar-refractivity contribution in [3.05, 3.63) is 29.6 Å². The van der Waals surface area contributed by atoms with E-state index in [1.54, 1.807) is 12.1 Å². The van der Waals surface area contributed by atoms with Crippen LogP contribution in [0.5, 0.6) is 5.75 Å².